The Hall–Kier alpha value is 0.700. The highest BCUT2D eigenvalue weighted by Crippen LogP contribution is 2.17. The van der Waals surface area contributed by atoms with Crippen LogP contribution in [0.5, 0.6) is 0 Å². The summed E-state index contributed by atoms with van der Waals surface area (Å²) in [5.41, 5.74) is 1.54. The van der Waals surface area contributed by atoms with Crippen LogP contribution in [0.15, 0.2) is 11.6 Å². The summed E-state index contributed by atoms with van der Waals surface area (Å²) in [7, 11) is 0. The highest BCUT2D eigenvalue weighted by molar-refractivity contribution is 9.12. The summed E-state index contributed by atoms with van der Waals surface area (Å²) in [4.78, 5) is 0. The third kappa shape index (κ3) is 11.5. The topological polar surface area (TPSA) is 0 Å². The van der Waals surface area contributed by atoms with E-state index in [1.807, 2.05) is 0 Å². The summed E-state index contributed by atoms with van der Waals surface area (Å²) in [6.07, 6.45) is 3.49. The van der Waals surface area contributed by atoms with E-state index in [0.717, 1.165) is 5.33 Å². The quantitative estimate of drug-likeness (QED) is 0.501. The van der Waals surface area contributed by atoms with Crippen LogP contribution in [0.2, 0.25) is 0 Å². The fraction of sp³-hybridized carbons (Fsp3) is 0.750. The number of alkyl halides is 2. The summed E-state index contributed by atoms with van der Waals surface area (Å²) < 4.78 is 0.271. The zero-order chi connectivity index (χ0) is 8.20. The second kappa shape index (κ2) is 4.55. The second-order valence-corrected chi connectivity index (χ2v) is 5.81. The average Bonchev–Trinajstić information content (AvgIpc) is 2.51. The standard InChI is InChI=1S/C4H8Br2.C4H6/c1-4(2,6)3-5;1-4-2-3-4/h3H2,1-2H3;2H,3H2,1H3. The maximum Gasteiger partial charge on any atom is 0.0298 e. The van der Waals surface area contributed by atoms with Gasteiger partial charge in [0.15, 0.2) is 0 Å². The lowest BCUT2D eigenvalue weighted by Gasteiger charge is -2.08. The molecular formula is C8H14Br2. The van der Waals surface area contributed by atoms with Gasteiger partial charge in [-0.15, -0.1) is 0 Å². The Labute approximate surface area is 80.3 Å². The Morgan fingerprint density at radius 2 is 1.80 bits per heavy atom. The minimum Gasteiger partial charge on any atom is -0.0913 e. The van der Waals surface area contributed by atoms with Crippen LogP contribution in [0.25, 0.3) is 0 Å². The van der Waals surface area contributed by atoms with Crippen molar-refractivity contribution in [3.63, 3.8) is 0 Å². The zero-order valence-corrected chi connectivity index (χ0v) is 9.92. The van der Waals surface area contributed by atoms with E-state index in [1.54, 1.807) is 5.57 Å². The van der Waals surface area contributed by atoms with Crippen LogP contribution >= 0.6 is 31.9 Å². The molecule has 0 fully saturated rings. The second-order valence-electron chi connectivity index (χ2n) is 3.11. The Morgan fingerprint density at radius 1 is 1.60 bits per heavy atom. The van der Waals surface area contributed by atoms with Crippen LogP contribution in [0, 0.1) is 0 Å². The van der Waals surface area contributed by atoms with Gasteiger partial charge in [-0.25, -0.2) is 0 Å². The van der Waals surface area contributed by atoms with Gasteiger partial charge in [0.2, 0.25) is 0 Å². The highest BCUT2D eigenvalue weighted by Gasteiger charge is 2.07. The normalized spacial score (nSPS) is 15.1. The van der Waals surface area contributed by atoms with Crippen LogP contribution in [0.3, 0.4) is 0 Å². The third-order valence-electron chi connectivity index (χ3n) is 0.930. The molecule has 0 spiro atoms. The summed E-state index contributed by atoms with van der Waals surface area (Å²) in [6.45, 7) is 6.36. The molecule has 10 heavy (non-hydrogen) atoms. The van der Waals surface area contributed by atoms with E-state index in [0.29, 0.717) is 0 Å². The van der Waals surface area contributed by atoms with Crippen molar-refractivity contribution >= 4 is 31.9 Å². The number of hydrogen-bond donors (Lipinski definition) is 0. The molecule has 0 atom stereocenters. The van der Waals surface area contributed by atoms with Crippen molar-refractivity contribution in [1.29, 1.82) is 0 Å². The first-order valence-electron chi connectivity index (χ1n) is 3.36. The molecule has 0 aromatic carbocycles. The van der Waals surface area contributed by atoms with Crippen molar-refractivity contribution in [3.8, 4) is 0 Å². The molecule has 0 saturated carbocycles. The van der Waals surface area contributed by atoms with Crippen molar-refractivity contribution in [2.24, 2.45) is 0 Å². The third-order valence-corrected chi connectivity index (χ3v) is 3.36. The monoisotopic (exact) mass is 268 g/mol. The van der Waals surface area contributed by atoms with Crippen LogP contribution < -0.4 is 0 Å². The first-order chi connectivity index (χ1) is 4.45. The van der Waals surface area contributed by atoms with Gasteiger partial charge in [-0.2, -0.15) is 0 Å². The molecule has 1 aliphatic rings. The molecule has 0 N–H and O–H groups in total. The summed E-state index contributed by atoms with van der Waals surface area (Å²) in [5, 5.41) is 1.00. The molecule has 0 nitrogen and oxygen atoms in total. The number of halogens is 2. The molecule has 0 unspecified atom stereocenters. The fourth-order valence-electron chi connectivity index (χ4n) is 0.102. The van der Waals surface area contributed by atoms with E-state index in [1.165, 1.54) is 6.42 Å². The summed E-state index contributed by atoms with van der Waals surface area (Å²) >= 11 is 6.75. The molecule has 0 aliphatic heterocycles. The molecule has 0 aromatic heterocycles. The van der Waals surface area contributed by atoms with Gasteiger partial charge >= 0.3 is 0 Å². The molecular weight excluding hydrogens is 256 g/mol. The van der Waals surface area contributed by atoms with Gasteiger partial charge in [0, 0.05) is 9.65 Å². The molecule has 60 valence electrons. The van der Waals surface area contributed by atoms with Crippen LogP contribution in [-0.4, -0.2) is 9.65 Å². The van der Waals surface area contributed by atoms with Gasteiger partial charge < -0.3 is 0 Å². The molecule has 0 heterocycles. The van der Waals surface area contributed by atoms with Crippen molar-refractivity contribution < 1.29 is 0 Å². The van der Waals surface area contributed by atoms with E-state index < -0.39 is 0 Å². The minimum atomic E-state index is 0.271. The van der Waals surface area contributed by atoms with Gasteiger partial charge in [0.25, 0.3) is 0 Å². The fourth-order valence-corrected chi connectivity index (χ4v) is 0.102. The van der Waals surface area contributed by atoms with E-state index in [-0.39, 0.29) is 4.32 Å². The van der Waals surface area contributed by atoms with Crippen molar-refractivity contribution in [3.05, 3.63) is 11.6 Å². The minimum absolute atomic E-state index is 0.271. The largest absolute Gasteiger partial charge is 0.0913 e. The summed E-state index contributed by atoms with van der Waals surface area (Å²) in [6, 6.07) is 0. The maximum atomic E-state index is 3.43. The first kappa shape index (κ1) is 10.7. The Kier molecular flexibility index (Phi) is 4.87. The van der Waals surface area contributed by atoms with Gasteiger partial charge in [-0.05, 0) is 27.2 Å². The summed E-state index contributed by atoms with van der Waals surface area (Å²) in [5.74, 6) is 0. The lowest BCUT2D eigenvalue weighted by atomic mass is 10.3. The Bertz CT molecular complexity index is 120. The molecule has 2 heteroatoms. The number of hydrogen-bond acceptors (Lipinski definition) is 0. The molecule has 0 radical (unpaired) electrons. The van der Waals surface area contributed by atoms with E-state index in [2.05, 4.69) is 58.7 Å². The predicted molar refractivity (Wildman–Crippen MR) is 55.2 cm³/mol. The van der Waals surface area contributed by atoms with Crippen molar-refractivity contribution in [1.82, 2.24) is 0 Å². The zero-order valence-electron chi connectivity index (χ0n) is 6.75. The van der Waals surface area contributed by atoms with E-state index in [4.69, 9.17) is 0 Å². The number of allylic oxidation sites excluding steroid dienone is 2. The van der Waals surface area contributed by atoms with Gasteiger partial charge in [-0.1, -0.05) is 43.5 Å². The van der Waals surface area contributed by atoms with Crippen molar-refractivity contribution in [2.45, 2.75) is 31.5 Å². The highest BCUT2D eigenvalue weighted by atomic mass is 79.9. The molecule has 0 aromatic rings. The lowest BCUT2D eigenvalue weighted by molar-refractivity contribution is 0.844. The first-order valence-corrected chi connectivity index (χ1v) is 5.27. The Balaban J connectivity index is 0.000000172. The van der Waals surface area contributed by atoms with Crippen LogP contribution in [0.1, 0.15) is 27.2 Å². The van der Waals surface area contributed by atoms with E-state index >= 15 is 0 Å². The predicted octanol–water partition coefficient (Wildman–Crippen LogP) is 3.89. The lowest BCUT2D eigenvalue weighted by Crippen LogP contribution is -2.09. The molecule has 0 bridgehead atoms. The maximum absolute atomic E-state index is 3.43. The van der Waals surface area contributed by atoms with Gasteiger partial charge in [-0.3, -0.25) is 0 Å². The average molecular weight is 270 g/mol. The smallest absolute Gasteiger partial charge is 0.0298 e. The van der Waals surface area contributed by atoms with Crippen molar-refractivity contribution in [2.75, 3.05) is 5.33 Å². The molecule has 1 rings (SSSR count). The van der Waals surface area contributed by atoms with E-state index in [9.17, 15) is 0 Å². The molecule has 0 saturated heterocycles. The SMILES string of the molecule is CC(C)(Br)CBr.CC1=CC1. The van der Waals surface area contributed by atoms with Crippen LogP contribution in [-0.2, 0) is 0 Å². The molecule has 1 aliphatic carbocycles. The molecule has 0 amide bonds. The Morgan fingerprint density at radius 3 is 1.80 bits per heavy atom. The van der Waals surface area contributed by atoms with Gasteiger partial charge in [0.05, 0.1) is 0 Å². The number of rotatable bonds is 1. The van der Waals surface area contributed by atoms with Gasteiger partial charge in [0.1, 0.15) is 0 Å². The van der Waals surface area contributed by atoms with Crippen LogP contribution in [0.4, 0.5) is 0 Å².